The van der Waals surface area contributed by atoms with Crippen molar-refractivity contribution < 1.29 is 18.8 Å². The van der Waals surface area contributed by atoms with Crippen LogP contribution >= 0.6 is 0 Å². The number of piperidine rings is 1. The molecule has 0 unspecified atom stereocenters. The molecule has 0 spiro atoms. The average molecular weight is 422 g/mol. The van der Waals surface area contributed by atoms with Crippen LogP contribution in [0.15, 0.2) is 53.3 Å². The second-order valence-corrected chi connectivity index (χ2v) is 7.33. The third-order valence-electron chi connectivity index (χ3n) is 5.20. The summed E-state index contributed by atoms with van der Waals surface area (Å²) >= 11 is 0. The lowest BCUT2D eigenvalue weighted by Gasteiger charge is -2.32. The first-order chi connectivity index (χ1) is 15.2. The van der Waals surface area contributed by atoms with Crippen molar-refractivity contribution in [3.8, 4) is 22.9 Å². The second kappa shape index (κ2) is 10.1. The Bertz CT molecular complexity index is 984. The van der Waals surface area contributed by atoms with E-state index in [2.05, 4.69) is 15.1 Å². The molecule has 3 aromatic rings. The van der Waals surface area contributed by atoms with Crippen molar-refractivity contribution in [1.29, 1.82) is 0 Å². The molecular formula is C23H26N4O4. The van der Waals surface area contributed by atoms with Crippen molar-refractivity contribution in [2.45, 2.75) is 38.7 Å². The molecule has 0 saturated carbocycles. The molecule has 1 fully saturated rings. The summed E-state index contributed by atoms with van der Waals surface area (Å²) in [7, 11) is 0. The molecule has 1 saturated heterocycles. The Morgan fingerprint density at radius 3 is 2.61 bits per heavy atom. The molecule has 1 aromatic carbocycles. The van der Waals surface area contributed by atoms with Crippen molar-refractivity contribution in [2.75, 3.05) is 19.7 Å². The smallest absolute Gasteiger partial charge is 0.227 e. The van der Waals surface area contributed by atoms with E-state index in [4.69, 9.17) is 14.0 Å². The highest BCUT2D eigenvalue weighted by molar-refractivity contribution is 5.76. The third-order valence-corrected chi connectivity index (χ3v) is 5.20. The van der Waals surface area contributed by atoms with Gasteiger partial charge in [-0.2, -0.15) is 4.98 Å². The van der Waals surface area contributed by atoms with Crippen LogP contribution < -0.4 is 9.47 Å². The molecule has 31 heavy (non-hydrogen) atoms. The quantitative estimate of drug-likeness (QED) is 0.548. The van der Waals surface area contributed by atoms with Crippen LogP contribution in [0.3, 0.4) is 0 Å². The highest BCUT2D eigenvalue weighted by Crippen LogP contribution is 2.29. The molecule has 0 aliphatic carbocycles. The average Bonchev–Trinajstić information content (AvgIpc) is 3.29. The van der Waals surface area contributed by atoms with E-state index in [1.807, 2.05) is 48.2 Å². The molecule has 162 valence electrons. The molecule has 0 N–H and O–H groups in total. The predicted octanol–water partition coefficient (Wildman–Crippen LogP) is 3.53. The van der Waals surface area contributed by atoms with Gasteiger partial charge in [0.25, 0.3) is 0 Å². The van der Waals surface area contributed by atoms with Gasteiger partial charge in [-0.15, -0.1) is 0 Å². The molecule has 1 amide bonds. The number of aryl methyl sites for hydroxylation is 1. The van der Waals surface area contributed by atoms with E-state index >= 15 is 0 Å². The number of rotatable bonds is 8. The number of aromatic nitrogens is 3. The van der Waals surface area contributed by atoms with Crippen LogP contribution in [0.25, 0.3) is 11.4 Å². The van der Waals surface area contributed by atoms with Crippen LogP contribution in [0, 0.1) is 0 Å². The van der Waals surface area contributed by atoms with Crippen molar-refractivity contribution in [2.24, 2.45) is 0 Å². The minimum absolute atomic E-state index is 0.0736. The summed E-state index contributed by atoms with van der Waals surface area (Å²) < 4.78 is 17.1. The number of carbonyl (C=O) groups is 1. The molecule has 3 heterocycles. The van der Waals surface area contributed by atoms with Gasteiger partial charge in [-0.3, -0.25) is 9.78 Å². The predicted molar refractivity (Wildman–Crippen MR) is 114 cm³/mol. The SMILES string of the molecule is CCOc1ccccc1OC1CCN(C(=O)CCc2nc(-c3ccncc3)no2)CC1. The van der Waals surface area contributed by atoms with Crippen LogP contribution in [-0.2, 0) is 11.2 Å². The summed E-state index contributed by atoms with van der Waals surface area (Å²) in [5.41, 5.74) is 0.837. The van der Waals surface area contributed by atoms with E-state index in [1.54, 1.807) is 12.4 Å². The van der Waals surface area contributed by atoms with Crippen molar-refractivity contribution in [3.63, 3.8) is 0 Å². The maximum Gasteiger partial charge on any atom is 0.227 e. The molecule has 8 heteroatoms. The minimum Gasteiger partial charge on any atom is -0.490 e. The number of amides is 1. The lowest BCUT2D eigenvalue weighted by Crippen LogP contribution is -2.41. The summed E-state index contributed by atoms with van der Waals surface area (Å²) in [6.07, 6.45) is 5.78. The van der Waals surface area contributed by atoms with E-state index < -0.39 is 0 Å². The number of hydrogen-bond donors (Lipinski definition) is 0. The van der Waals surface area contributed by atoms with E-state index in [-0.39, 0.29) is 12.0 Å². The molecule has 0 atom stereocenters. The third kappa shape index (κ3) is 5.39. The van der Waals surface area contributed by atoms with Gasteiger partial charge in [0.1, 0.15) is 6.10 Å². The number of pyridine rings is 1. The highest BCUT2D eigenvalue weighted by atomic mass is 16.5. The summed E-state index contributed by atoms with van der Waals surface area (Å²) in [6.45, 7) is 3.89. The van der Waals surface area contributed by atoms with Gasteiger partial charge in [0.05, 0.1) is 6.61 Å². The zero-order chi connectivity index (χ0) is 21.5. The van der Waals surface area contributed by atoms with Gasteiger partial charge in [-0.05, 0) is 31.2 Å². The monoisotopic (exact) mass is 422 g/mol. The van der Waals surface area contributed by atoms with Crippen LogP contribution in [0.2, 0.25) is 0 Å². The van der Waals surface area contributed by atoms with Crippen molar-refractivity contribution in [1.82, 2.24) is 20.0 Å². The summed E-state index contributed by atoms with van der Waals surface area (Å²) in [5, 5.41) is 3.98. The fraction of sp³-hybridized carbons (Fsp3) is 0.391. The van der Waals surface area contributed by atoms with E-state index in [0.29, 0.717) is 44.3 Å². The molecule has 1 aliphatic heterocycles. The standard InChI is InChI=1S/C23H26N4O4/c1-2-29-19-5-3-4-6-20(19)30-18-11-15-27(16-12-18)22(28)8-7-21-25-23(26-31-21)17-9-13-24-14-10-17/h3-6,9-10,13-14,18H,2,7-8,11-12,15-16H2,1H3. The van der Waals surface area contributed by atoms with Crippen molar-refractivity contribution in [3.05, 3.63) is 54.7 Å². The number of ether oxygens (including phenoxy) is 2. The highest BCUT2D eigenvalue weighted by Gasteiger charge is 2.25. The van der Waals surface area contributed by atoms with Gasteiger partial charge < -0.3 is 18.9 Å². The fourth-order valence-electron chi connectivity index (χ4n) is 3.57. The van der Waals surface area contributed by atoms with E-state index in [0.717, 1.165) is 29.9 Å². The van der Waals surface area contributed by atoms with E-state index in [9.17, 15) is 4.79 Å². The maximum absolute atomic E-state index is 12.6. The Hall–Kier alpha value is -3.42. The van der Waals surface area contributed by atoms with Crippen LogP contribution in [0.4, 0.5) is 0 Å². The second-order valence-electron chi connectivity index (χ2n) is 7.33. The summed E-state index contributed by atoms with van der Waals surface area (Å²) in [4.78, 5) is 22.9. The number of hydrogen-bond acceptors (Lipinski definition) is 7. The first-order valence-electron chi connectivity index (χ1n) is 10.6. The molecule has 1 aliphatic rings. The molecule has 4 rings (SSSR count). The molecule has 8 nitrogen and oxygen atoms in total. The fourth-order valence-corrected chi connectivity index (χ4v) is 3.57. The Morgan fingerprint density at radius 2 is 1.87 bits per heavy atom. The Balaban J connectivity index is 1.24. The van der Waals surface area contributed by atoms with Crippen molar-refractivity contribution >= 4 is 5.91 Å². The van der Waals surface area contributed by atoms with Crippen LogP contribution in [0.1, 0.15) is 32.1 Å². The summed E-state index contributed by atoms with van der Waals surface area (Å²) in [5.74, 6) is 2.59. The topological polar surface area (TPSA) is 90.6 Å². The molecule has 2 aromatic heterocycles. The first kappa shape index (κ1) is 20.8. The van der Waals surface area contributed by atoms with Gasteiger partial charge >= 0.3 is 0 Å². The first-order valence-corrected chi connectivity index (χ1v) is 10.6. The molecule has 0 bridgehead atoms. The van der Waals surface area contributed by atoms with Crippen LogP contribution in [-0.4, -0.2) is 51.7 Å². The normalized spacial score (nSPS) is 14.4. The minimum atomic E-state index is 0.0736. The van der Waals surface area contributed by atoms with Gasteiger partial charge in [0.15, 0.2) is 11.5 Å². The zero-order valence-electron chi connectivity index (χ0n) is 17.6. The number of likely N-dealkylation sites (tertiary alicyclic amines) is 1. The Labute approximate surface area is 181 Å². The largest absolute Gasteiger partial charge is 0.490 e. The zero-order valence-corrected chi connectivity index (χ0v) is 17.6. The number of carbonyl (C=O) groups excluding carboxylic acids is 1. The number of para-hydroxylation sites is 2. The summed E-state index contributed by atoms with van der Waals surface area (Å²) in [6, 6.07) is 11.3. The Kier molecular flexibility index (Phi) is 6.76. The van der Waals surface area contributed by atoms with E-state index in [1.165, 1.54) is 0 Å². The lowest BCUT2D eigenvalue weighted by atomic mass is 10.1. The van der Waals surface area contributed by atoms with Gasteiger partial charge in [-0.25, -0.2) is 0 Å². The van der Waals surface area contributed by atoms with Crippen LogP contribution in [0.5, 0.6) is 11.5 Å². The number of nitrogens with zero attached hydrogens (tertiary/aromatic N) is 4. The van der Waals surface area contributed by atoms with Gasteiger partial charge in [0, 0.05) is 56.7 Å². The molecular weight excluding hydrogens is 396 g/mol. The van der Waals surface area contributed by atoms with Gasteiger partial charge in [-0.1, -0.05) is 17.3 Å². The number of benzene rings is 1. The van der Waals surface area contributed by atoms with Gasteiger partial charge in [0.2, 0.25) is 17.6 Å². The lowest BCUT2D eigenvalue weighted by molar-refractivity contribution is -0.133. The Morgan fingerprint density at radius 1 is 1.13 bits per heavy atom. The maximum atomic E-state index is 12.6. The molecule has 0 radical (unpaired) electrons.